The molecule has 1 unspecified atom stereocenters. The fraction of sp³-hybridized carbons (Fsp3) is 0.619. The Balaban J connectivity index is 1.66. The van der Waals surface area contributed by atoms with Crippen LogP contribution in [0.3, 0.4) is 0 Å². The molecule has 3 amide bonds. The lowest BCUT2D eigenvalue weighted by Gasteiger charge is -2.41. The van der Waals surface area contributed by atoms with Crippen LogP contribution in [0.5, 0.6) is 5.75 Å². The first-order chi connectivity index (χ1) is 13.3. The van der Waals surface area contributed by atoms with Crippen LogP contribution >= 0.6 is 0 Å². The van der Waals surface area contributed by atoms with Gasteiger partial charge in [0.05, 0.1) is 7.11 Å². The molecule has 0 aromatic heterocycles. The zero-order chi connectivity index (χ0) is 20.3. The zero-order valence-corrected chi connectivity index (χ0v) is 16.9. The summed E-state index contributed by atoms with van der Waals surface area (Å²) < 4.78 is 19.3. The maximum atomic E-state index is 14.1. The number of ether oxygens (including phenoxy) is 1. The summed E-state index contributed by atoms with van der Waals surface area (Å²) in [5, 5.41) is 5.37. The number of halogens is 1. The second kappa shape index (κ2) is 8.47. The van der Waals surface area contributed by atoms with E-state index >= 15 is 0 Å². The summed E-state index contributed by atoms with van der Waals surface area (Å²) in [6.45, 7) is 6.26. The van der Waals surface area contributed by atoms with Crippen molar-refractivity contribution in [3.05, 3.63) is 29.6 Å². The van der Waals surface area contributed by atoms with E-state index in [4.69, 9.17) is 4.74 Å². The van der Waals surface area contributed by atoms with Gasteiger partial charge in [-0.05, 0) is 68.8 Å². The van der Waals surface area contributed by atoms with Gasteiger partial charge in [0, 0.05) is 12.1 Å². The van der Waals surface area contributed by atoms with Gasteiger partial charge in [-0.25, -0.2) is 9.18 Å². The number of imide groups is 1. The van der Waals surface area contributed by atoms with Crippen LogP contribution in [0.15, 0.2) is 18.2 Å². The van der Waals surface area contributed by atoms with E-state index in [9.17, 15) is 14.0 Å². The highest BCUT2D eigenvalue weighted by Gasteiger charge is 2.51. The fourth-order valence-electron chi connectivity index (χ4n) is 4.31. The van der Waals surface area contributed by atoms with Gasteiger partial charge in [-0.3, -0.25) is 15.0 Å². The van der Waals surface area contributed by atoms with Crippen molar-refractivity contribution in [3.8, 4) is 5.75 Å². The molecule has 3 rings (SSSR count). The Kier molecular flexibility index (Phi) is 6.23. The van der Waals surface area contributed by atoms with E-state index in [0.717, 1.165) is 32.4 Å². The average molecular weight is 391 g/mol. The first kappa shape index (κ1) is 20.6. The average Bonchev–Trinajstić information content (AvgIpc) is 2.96. The molecule has 0 aliphatic carbocycles. The predicted molar refractivity (Wildman–Crippen MR) is 104 cm³/mol. The number of methoxy groups -OCH3 is 1. The minimum Gasteiger partial charge on any atom is -0.497 e. The summed E-state index contributed by atoms with van der Waals surface area (Å²) in [6, 6.07) is 4.39. The molecule has 2 fully saturated rings. The van der Waals surface area contributed by atoms with E-state index in [-0.39, 0.29) is 17.6 Å². The molecule has 2 aliphatic rings. The molecule has 0 spiro atoms. The molecule has 0 saturated carbocycles. The summed E-state index contributed by atoms with van der Waals surface area (Å²) in [6.07, 6.45) is 3.11. The molecule has 1 aromatic rings. The predicted octanol–water partition coefficient (Wildman–Crippen LogP) is 3.06. The third-order valence-electron chi connectivity index (χ3n) is 6.02. The summed E-state index contributed by atoms with van der Waals surface area (Å²) in [4.78, 5) is 26.7. The molecule has 2 N–H and O–H groups in total. The van der Waals surface area contributed by atoms with E-state index < -0.39 is 11.6 Å². The molecule has 6 nitrogen and oxygen atoms in total. The molecular formula is C21H30FN3O3. The van der Waals surface area contributed by atoms with Gasteiger partial charge < -0.3 is 10.1 Å². The van der Waals surface area contributed by atoms with Gasteiger partial charge in [0.25, 0.3) is 5.91 Å². The molecule has 7 heteroatoms. The van der Waals surface area contributed by atoms with Crippen molar-refractivity contribution < 1.29 is 18.7 Å². The number of hydrogen-bond acceptors (Lipinski definition) is 4. The minimum absolute atomic E-state index is 0.0871. The van der Waals surface area contributed by atoms with Crippen molar-refractivity contribution in [1.29, 1.82) is 0 Å². The number of carbonyl (C=O) groups is 2. The van der Waals surface area contributed by atoms with Gasteiger partial charge in [0.2, 0.25) is 0 Å². The van der Waals surface area contributed by atoms with Crippen molar-refractivity contribution in [1.82, 2.24) is 15.5 Å². The number of likely N-dealkylation sites (tertiary alicyclic amines) is 1. The van der Waals surface area contributed by atoms with Crippen LogP contribution in [-0.2, 0) is 11.3 Å². The molecule has 2 aliphatic heterocycles. The topological polar surface area (TPSA) is 70.7 Å². The van der Waals surface area contributed by atoms with Gasteiger partial charge >= 0.3 is 6.03 Å². The molecule has 2 heterocycles. The Morgan fingerprint density at radius 2 is 2.00 bits per heavy atom. The first-order valence-corrected chi connectivity index (χ1v) is 10.0. The summed E-state index contributed by atoms with van der Waals surface area (Å²) in [5.74, 6) is 0.751. The Bertz CT molecular complexity index is 732. The van der Waals surface area contributed by atoms with Crippen LogP contribution in [0.25, 0.3) is 0 Å². The van der Waals surface area contributed by atoms with Crippen LogP contribution in [0.2, 0.25) is 0 Å². The smallest absolute Gasteiger partial charge is 0.322 e. The molecule has 1 atom stereocenters. The lowest BCUT2D eigenvalue weighted by molar-refractivity contribution is -0.127. The van der Waals surface area contributed by atoms with Crippen LogP contribution in [-0.4, -0.2) is 42.6 Å². The van der Waals surface area contributed by atoms with Gasteiger partial charge in [-0.2, -0.15) is 0 Å². The molecule has 154 valence electrons. The van der Waals surface area contributed by atoms with Crippen molar-refractivity contribution in [3.63, 3.8) is 0 Å². The van der Waals surface area contributed by atoms with E-state index in [0.29, 0.717) is 30.2 Å². The van der Waals surface area contributed by atoms with E-state index in [2.05, 4.69) is 29.4 Å². The zero-order valence-electron chi connectivity index (χ0n) is 16.9. The van der Waals surface area contributed by atoms with Crippen molar-refractivity contribution in [2.75, 3.05) is 20.2 Å². The van der Waals surface area contributed by atoms with Crippen LogP contribution in [0, 0.1) is 17.7 Å². The molecule has 0 radical (unpaired) electrons. The molecule has 28 heavy (non-hydrogen) atoms. The largest absolute Gasteiger partial charge is 0.497 e. The third kappa shape index (κ3) is 4.29. The highest BCUT2D eigenvalue weighted by atomic mass is 19.1. The van der Waals surface area contributed by atoms with E-state index in [1.807, 2.05) is 0 Å². The maximum absolute atomic E-state index is 14.1. The van der Waals surface area contributed by atoms with Crippen molar-refractivity contribution in [2.45, 2.75) is 51.6 Å². The third-order valence-corrected chi connectivity index (χ3v) is 6.02. The highest BCUT2D eigenvalue weighted by molar-refractivity contribution is 6.07. The van der Waals surface area contributed by atoms with Crippen molar-refractivity contribution in [2.24, 2.45) is 11.8 Å². The summed E-state index contributed by atoms with van der Waals surface area (Å²) >= 11 is 0. The SMILES string of the molecule is COc1ccc(F)c(CN2CCC(C3(CCC(C)C)NC(=O)NC3=O)CC2)c1. The standard InChI is InChI=1S/C21H30FN3O3/c1-14(2)6-9-21(19(26)23-20(27)24-21)16-7-10-25(11-8-16)13-15-12-17(28-3)4-5-18(15)22/h4-5,12,14,16H,6-11,13H2,1-3H3,(H2,23,24,26,27). The molecule has 2 saturated heterocycles. The lowest BCUT2D eigenvalue weighted by atomic mass is 9.74. The number of benzene rings is 1. The lowest BCUT2D eigenvalue weighted by Crippen LogP contribution is -2.56. The Labute approximate surface area is 165 Å². The number of carbonyl (C=O) groups excluding carboxylic acids is 2. The fourth-order valence-corrected chi connectivity index (χ4v) is 4.31. The van der Waals surface area contributed by atoms with E-state index in [1.54, 1.807) is 19.2 Å². The number of hydrogen-bond donors (Lipinski definition) is 2. The van der Waals surface area contributed by atoms with Crippen LogP contribution in [0.1, 0.15) is 45.1 Å². The van der Waals surface area contributed by atoms with Gasteiger partial charge in [-0.15, -0.1) is 0 Å². The number of nitrogens with zero attached hydrogens (tertiary/aromatic N) is 1. The van der Waals surface area contributed by atoms with Gasteiger partial charge in [0.15, 0.2) is 0 Å². The number of piperidine rings is 1. The van der Waals surface area contributed by atoms with Gasteiger partial charge in [-0.1, -0.05) is 13.8 Å². The number of urea groups is 1. The van der Waals surface area contributed by atoms with Gasteiger partial charge in [0.1, 0.15) is 17.1 Å². The molecule has 0 bridgehead atoms. The number of amides is 3. The number of nitrogens with one attached hydrogen (secondary N) is 2. The Hall–Kier alpha value is -2.15. The Morgan fingerprint density at radius 3 is 2.57 bits per heavy atom. The second-order valence-electron chi connectivity index (χ2n) is 8.32. The summed E-state index contributed by atoms with van der Waals surface area (Å²) in [7, 11) is 1.57. The van der Waals surface area contributed by atoms with E-state index in [1.165, 1.54) is 6.07 Å². The maximum Gasteiger partial charge on any atom is 0.322 e. The minimum atomic E-state index is -0.811. The highest BCUT2D eigenvalue weighted by Crippen LogP contribution is 2.36. The van der Waals surface area contributed by atoms with Crippen molar-refractivity contribution >= 4 is 11.9 Å². The van der Waals surface area contributed by atoms with Crippen LogP contribution < -0.4 is 15.4 Å². The second-order valence-corrected chi connectivity index (χ2v) is 8.32. The monoisotopic (exact) mass is 391 g/mol. The summed E-state index contributed by atoms with van der Waals surface area (Å²) in [5.41, 5.74) is -0.200. The first-order valence-electron chi connectivity index (χ1n) is 10.0. The quantitative estimate of drug-likeness (QED) is 0.701. The van der Waals surface area contributed by atoms with Crippen LogP contribution in [0.4, 0.5) is 9.18 Å². The normalized spacial score (nSPS) is 23.8. The molecule has 1 aromatic carbocycles. The Morgan fingerprint density at radius 1 is 1.29 bits per heavy atom. The number of rotatable bonds is 7. The molecular weight excluding hydrogens is 361 g/mol.